The van der Waals surface area contributed by atoms with E-state index in [1.165, 1.54) is 0 Å². The average Bonchev–Trinajstić information content (AvgIpc) is 1.91. The van der Waals surface area contributed by atoms with E-state index in [9.17, 15) is 0 Å². The van der Waals surface area contributed by atoms with Crippen LogP contribution in [0.3, 0.4) is 0 Å². The maximum atomic E-state index is 5.12. The Morgan fingerprint density at radius 2 is 1.89 bits per heavy atom. The maximum Gasteiger partial charge on any atom is 0.222 e. The van der Waals surface area contributed by atoms with Gasteiger partial charge in [-0.25, -0.2) is 0 Å². The molecule has 1 heterocycles. The van der Waals surface area contributed by atoms with Crippen molar-refractivity contribution in [2.24, 2.45) is 0 Å². The summed E-state index contributed by atoms with van der Waals surface area (Å²) in [5, 5.41) is 0. The predicted molar refractivity (Wildman–Crippen MR) is 33.8 cm³/mol. The second kappa shape index (κ2) is 3.07. The van der Waals surface area contributed by atoms with Gasteiger partial charge in [0.1, 0.15) is 0 Å². The van der Waals surface area contributed by atoms with Crippen LogP contribution in [0.4, 0.5) is 0 Å². The summed E-state index contributed by atoms with van der Waals surface area (Å²) in [4.78, 5) is 5.12. The highest BCUT2D eigenvalue weighted by molar-refractivity contribution is 4.83. The lowest BCUT2D eigenvalue weighted by molar-refractivity contribution is -0.890. The molecule has 0 aliphatic carbocycles. The molecule has 1 aromatic heterocycles. The van der Waals surface area contributed by atoms with Gasteiger partial charge in [0, 0.05) is 16.9 Å². The van der Waals surface area contributed by atoms with E-state index >= 15 is 0 Å². The molecule has 0 radical (unpaired) electrons. The normalized spacial score (nSPS) is 9.00. The standard InChI is InChI=1S/C7H10NO/c1-2-9-8-6-4-3-5-7-8/h3-7H,2H2,1H3/q+1. The van der Waals surface area contributed by atoms with Gasteiger partial charge in [-0.15, -0.1) is 0 Å². The smallest absolute Gasteiger partial charge is 0.222 e. The summed E-state index contributed by atoms with van der Waals surface area (Å²) in [5.74, 6) is 0. The molecule has 0 unspecified atom stereocenters. The molecule has 1 aromatic rings. The van der Waals surface area contributed by atoms with Crippen LogP contribution >= 0.6 is 0 Å². The lowest BCUT2D eigenvalue weighted by Crippen LogP contribution is -2.41. The van der Waals surface area contributed by atoms with Crippen LogP contribution in [0.15, 0.2) is 30.6 Å². The van der Waals surface area contributed by atoms with Crippen LogP contribution in [0.2, 0.25) is 0 Å². The molecule has 0 atom stereocenters. The van der Waals surface area contributed by atoms with Crippen LogP contribution in [0.5, 0.6) is 0 Å². The summed E-state index contributed by atoms with van der Waals surface area (Å²) in [6.45, 7) is 2.66. The number of nitrogens with zero attached hydrogens (tertiary/aromatic N) is 1. The van der Waals surface area contributed by atoms with Gasteiger partial charge in [-0.3, -0.25) is 4.84 Å². The van der Waals surface area contributed by atoms with Gasteiger partial charge in [-0.2, -0.15) is 0 Å². The van der Waals surface area contributed by atoms with Crippen molar-refractivity contribution in [2.45, 2.75) is 6.92 Å². The maximum absolute atomic E-state index is 5.12. The zero-order valence-corrected chi connectivity index (χ0v) is 5.45. The highest BCUT2D eigenvalue weighted by Gasteiger charge is 1.91. The lowest BCUT2D eigenvalue weighted by Gasteiger charge is -1.89. The molecule has 2 nitrogen and oxygen atoms in total. The molecule has 0 fully saturated rings. The third-order valence-electron chi connectivity index (χ3n) is 0.966. The number of aromatic nitrogens is 1. The molecule has 1 rings (SSSR count). The van der Waals surface area contributed by atoms with Crippen LogP contribution in [0.25, 0.3) is 0 Å². The molecule has 0 saturated heterocycles. The first-order chi connectivity index (χ1) is 4.43. The van der Waals surface area contributed by atoms with Crippen molar-refractivity contribution in [1.29, 1.82) is 0 Å². The minimum atomic E-state index is 0.703. The third-order valence-corrected chi connectivity index (χ3v) is 0.966. The van der Waals surface area contributed by atoms with Gasteiger partial charge >= 0.3 is 0 Å². The molecule has 0 spiro atoms. The summed E-state index contributed by atoms with van der Waals surface area (Å²) < 4.78 is 1.68. The minimum absolute atomic E-state index is 0.703. The highest BCUT2D eigenvalue weighted by Crippen LogP contribution is 1.73. The second-order valence-electron chi connectivity index (χ2n) is 1.65. The summed E-state index contributed by atoms with van der Waals surface area (Å²) >= 11 is 0. The van der Waals surface area contributed by atoms with Crippen molar-refractivity contribution >= 4 is 0 Å². The quantitative estimate of drug-likeness (QED) is 0.521. The van der Waals surface area contributed by atoms with Crippen molar-refractivity contribution in [2.75, 3.05) is 6.61 Å². The Morgan fingerprint density at radius 1 is 1.22 bits per heavy atom. The number of hydrogen-bond acceptors (Lipinski definition) is 1. The third kappa shape index (κ3) is 1.72. The Morgan fingerprint density at radius 3 is 2.44 bits per heavy atom. The zero-order chi connectivity index (χ0) is 6.53. The predicted octanol–water partition coefficient (Wildman–Crippen LogP) is 0.423. The van der Waals surface area contributed by atoms with Gasteiger partial charge < -0.3 is 0 Å². The van der Waals surface area contributed by atoms with Crippen LogP contribution in [0, 0.1) is 0 Å². The van der Waals surface area contributed by atoms with E-state index in [1.54, 1.807) is 4.73 Å². The molecule has 0 saturated carbocycles. The van der Waals surface area contributed by atoms with Crippen molar-refractivity contribution in [3.05, 3.63) is 30.6 Å². The van der Waals surface area contributed by atoms with Gasteiger partial charge in [0.15, 0.2) is 6.61 Å². The fraction of sp³-hybridized carbons (Fsp3) is 0.286. The zero-order valence-electron chi connectivity index (χ0n) is 5.45. The molecule has 9 heavy (non-hydrogen) atoms. The van der Waals surface area contributed by atoms with E-state index in [4.69, 9.17) is 4.84 Å². The molecule has 0 aromatic carbocycles. The summed E-state index contributed by atoms with van der Waals surface area (Å²) in [6, 6.07) is 5.81. The molecule has 0 bridgehead atoms. The van der Waals surface area contributed by atoms with Crippen molar-refractivity contribution in [1.82, 2.24) is 0 Å². The molecule has 2 heteroatoms. The van der Waals surface area contributed by atoms with Crippen molar-refractivity contribution in [3.8, 4) is 0 Å². The lowest BCUT2D eigenvalue weighted by atomic mass is 10.5. The number of rotatable bonds is 2. The summed E-state index contributed by atoms with van der Waals surface area (Å²) in [5.41, 5.74) is 0. The molecule has 0 amide bonds. The number of pyridine rings is 1. The number of hydrogen-bond donors (Lipinski definition) is 0. The summed E-state index contributed by atoms with van der Waals surface area (Å²) in [6.07, 6.45) is 3.73. The van der Waals surface area contributed by atoms with Gasteiger partial charge in [0.05, 0.1) is 0 Å². The Kier molecular flexibility index (Phi) is 2.07. The van der Waals surface area contributed by atoms with E-state index in [2.05, 4.69) is 0 Å². The first-order valence-electron chi connectivity index (χ1n) is 3.03. The monoisotopic (exact) mass is 124 g/mol. The van der Waals surface area contributed by atoms with Gasteiger partial charge in [0.25, 0.3) is 0 Å². The van der Waals surface area contributed by atoms with E-state index in [0.717, 1.165) is 0 Å². The average molecular weight is 124 g/mol. The minimum Gasteiger partial charge on any atom is -0.272 e. The van der Waals surface area contributed by atoms with Gasteiger partial charge in [0.2, 0.25) is 12.4 Å². The largest absolute Gasteiger partial charge is 0.272 e. The topological polar surface area (TPSA) is 13.1 Å². The van der Waals surface area contributed by atoms with Gasteiger partial charge in [-0.05, 0) is 6.92 Å². The molecular formula is C7H10NO+. The van der Waals surface area contributed by atoms with Gasteiger partial charge in [-0.1, -0.05) is 6.07 Å². The van der Waals surface area contributed by atoms with E-state index < -0.39 is 0 Å². The molecule has 48 valence electrons. The van der Waals surface area contributed by atoms with E-state index in [1.807, 2.05) is 37.5 Å². The van der Waals surface area contributed by atoms with Crippen LogP contribution < -0.4 is 9.57 Å². The first-order valence-corrected chi connectivity index (χ1v) is 3.03. The molecule has 0 N–H and O–H groups in total. The second-order valence-corrected chi connectivity index (χ2v) is 1.65. The van der Waals surface area contributed by atoms with Crippen molar-refractivity contribution in [3.63, 3.8) is 0 Å². The summed E-state index contributed by atoms with van der Waals surface area (Å²) in [7, 11) is 0. The SMILES string of the molecule is CCO[n+]1ccccc1. The fourth-order valence-electron chi connectivity index (χ4n) is 0.618. The fourth-order valence-corrected chi connectivity index (χ4v) is 0.618. The highest BCUT2D eigenvalue weighted by atomic mass is 16.7. The van der Waals surface area contributed by atoms with Crippen LogP contribution in [0.1, 0.15) is 6.92 Å². The van der Waals surface area contributed by atoms with Crippen LogP contribution in [-0.2, 0) is 0 Å². The Bertz CT molecular complexity index is 162. The Hall–Kier alpha value is -1.05. The Balaban J connectivity index is 2.61. The van der Waals surface area contributed by atoms with E-state index in [0.29, 0.717) is 6.61 Å². The molecule has 0 aliphatic heterocycles. The molecule has 0 aliphatic rings. The Labute approximate surface area is 54.7 Å². The van der Waals surface area contributed by atoms with Crippen LogP contribution in [-0.4, -0.2) is 6.61 Å². The van der Waals surface area contributed by atoms with Crippen molar-refractivity contribution < 1.29 is 9.57 Å². The molecular weight excluding hydrogens is 114 g/mol. The van der Waals surface area contributed by atoms with E-state index in [-0.39, 0.29) is 0 Å². The first kappa shape index (κ1) is 6.08.